The Bertz CT molecular complexity index is 655. The molecule has 0 aromatic heterocycles. The van der Waals surface area contributed by atoms with Gasteiger partial charge < -0.3 is 10.1 Å². The van der Waals surface area contributed by atoms with Crippen molar-refractivity contribution in [2.24, 2.45) is 0 Å². The number of nitrogens with one attached hydrogen (secondary N) is 1. The van der Waals surface area contributed by atoms with Gasteiger partial charge in [0.25, 0.3) is 0 Å². The predicted molar refractivity (Wildman–Crippen MR) is 99.9 cm³/mol. The van der Waals surface area contributed by atoms with Crippen molar-refractivity contribution in [3.05, 3.63) is 48.6 Å². The van der Waals surface area contributed by atoms with Gasteiger partial charge in [-0.2, -0.15) is 5.26 Å². The van der Waals surface area contributed by atoms with Gasteiger partial charge in [0.1, 0.15) is 12.1 Å². The fourth-order valence-electron chi connectivity index (χ4n) is 2.03. The molecule has 0 bridgehead atoms. The first-order chi connectivity index (χ1) is 12.6. The number of benzene rings is 1. The minimum atomic E-state index is -0.943. The molecule has 0 aliphatic rings. The maximum absolute atomic E-state index is 12.0. The van der Waals surface area contributed by atoms with Crippen molar-refractivity contribution in [3.8, 4) is 6.07 Å². The van der Waals surface area contributed by atoms with Crippen LogP contribution in [0.3, 0.4) is 0 Å². The van der Waals surface area contributed by atoms with Gasteiger partial charge in [-0.1, -0.05) is 48.2 Å². The number of hydrogen-bond donors (Lipinski definition) is 1. The van der Waals surface area contributed by atoms with E-state index in [4.69, 9.17) is 10.00 Å². The molecule has 0 saturated carbocycles. The van der Waals surface area contributed by atoms with E-state index in [1.807, 2.05) is 30.3 Å². The second-order valence-electron chi connectivity index (χ2n) is 5.40. The van der Waals surface area contributed by atoms with E-state index in [1.165, 1.54) is 0 Å². The lowest BCUT2D eigenvalue weighted by Crippen LogP contribution is -2.42. The van der Waals surface area contributed by atoms with E-state index in [0.29, 0.717) is 12.2 Å². The molecular weight excluding hydrogens is 352 g/mol. The number of carbonyl (C=O) groups excluding carboxylic acids is 3. The van der Waals surface area contributed by atoms with E-state index in [0.717, 1.165) is 17.3 Å². The van der Waals surface area contributed by atoms with Gasteiger partial charge in [-0.3, -0.25) is 9.59 Å². The summed E-state index contributed by atoms with van der Waals surface area (Å²) in [6, 6.07) is 10.3. The van der Waals surface area contributed by atoms with Crippen molar-refractivity contribution in [3.63, 3.8) is 0 Å². The Balaban J connectivity index is 2.50. The lowest BCUT2D eigenvalue weighted by molar-refractivity contribution is -0.146. The summed E-state index contributed by atoms with van der Waals surface area (Å²) in [6.07, 6.45) is 2.53. The molecule has 1 atom stereocenters. The highest BCUT2D eigenvalue weighted by Crippen LogP contribution is 2.16. The third-order valence-electron chi connectivity index (χ3n) is 3.35. The minimum Gasteiger partial charge on any atom is -0.449 e. The average molecular weight is 374 g/mol. The number of rotatable bonds is 11. The van der Waals surface area contributed by atoms with Crippen LogP contribution in [0, 0.1) is 11.3 Å². The van der Waals surface area contributed by atoms with Crippen LogP contribution in [0.2, 0.25) is 0 Å². The molecule has 1 aromatic carbocycles. The second-order valence-corrected chi connectivity index (χ2v) is 6.43. The van der Waals surface area contributed by atoms with E-state index >= 15 is 0 Å². The first-order valence-corrected chi connectivity index (χ1v) is 9.18. The Morgan fingerprint density at radius 3 is 2.65 bits per heavy atom. The van der Waals surface area contributed by atoms with Gasteiger partial charge in [-0.25, -0.2) is 4.79 Å². The van der Waals surface area contributed by atoms with Gasteiger partial charge in [0.05, 0.1) is 0 Å². The Kier molecular flexibility index (Phi) is 10.5. The number of carbonyl (C=O) groups is 3. The van der Waals surface area contributed by atoms with Gasteiger partial charge >= 0.3 is 5.97 Å². The molecule has 0 aliphatic carbocycles. The highest BCUT2D eigenvalue weighted by atomic mass is 32.2. The monoisotopic (exact) mass is 374 g/mol. The molecule has 0 unspecified atom stereocenters. The van der Waals surface area contributed by atoms with Crippen molar-refractivity contribution in [1.29, 1.82) is 5.26 Å². The molecule has 0 aliphatic heterocycles. The van der Waals surface area contributed by atoms with Gasteiger partial charge in [-0.15, -0.1) is 6.58 Å². The van der Waals surface area contributed by atoms with Gasteiger partial charge in [0.15, 0.2) is 11.7 Å². The number of allylic oxidation sites excluding steroid dienone is 1. The maximum Gasteiger partial charge on any atom is 0.329 e. The van der Waals surface area contributed by atoms with Crippen LogP contribution in [0.1, 0.15) is 31.2 Å². The molecular formula is C19H22N2O4S. The third-order valence-corrected chi connectivity index (χ3v) is 4.36. The summed E-state index contributed by atoms with van der Waals surface area (Å²) in [5.74, 6) is -0.484. The molecule has 138 valence electrons. The van der Waals surface area contributed by atoms with Crippen LogP contribution in [0.25, 0.3) is 0 Å². The summed E-state index contributed by atoms with van der Waals surface area (Å²) in [5, 5.41) is 11.0. The normalized spacial score (nSPS) is 11.0. The number of nitriles is 1. The second kappa shape index (κ2) is 12.7. The Morgan fingerprint density at radius 1 is 1.27 bits per heavy atom. The van der Waals surface area contributed by atoms with Crippen molar-refractivity contribution >= 4 is 28.8 Å². The van der Waals surface area contributed by atoms with Crippen molar-refractivity contribution in [2.45, 2.75) is 37.5 Å². The fourth-order valence-corrected chi connectivity index (χ4v) is 2.81. The summed E-state index contributed by atoms with van der Waals surface area (Å²) >= 11 is 1.16. The highest BCUT2D eigenvalue weighted by Gasteiger charge is 2.23. The largest absolute Gasteiger partial charge is 0.449 e. The molecule has 0 heterocycles. The standard InChI is InChI=1S/C19H22N2O4S/c1-2-3-9-17(22)21-16(19(24)25-13-12-20)10-11-18(23)26-14-15-7-5-4-6-8-15/h2,4-8,16H,1,3,9-11,13-14H2,(H,21,22)/t16-/m0/s1. The van der Waals surface area contributed by atoms with E-state index in [2.05, 4.69) is 11.9 Å². The molecule has 26 heavy (non-hydrogen) atoms. The zero-order valence-electron chi connectivity index (χ0n) is 14.5. The van der Waals surface area contributed by atoms with E-state index < -0.39 is 18.6 Å². The molecule has 0 saturated heterocycles. The number of hydrogen-bond acceptors (Lipinski definition) is 6. The van der Waals surface area contributed by atoms with Crippen molar-refractivity contribution < 1.29 is 19.1 Å². The molecule has 1 rings (SSSR count). The van der Waals surface area contributed by atoms with Gasteiger partial charge in [0.2, 0.25) is 5.91 Å². The minimum absolute atomic E-state index is 0.0766. The lowest BCUT2D eigenvalue weighted by atomic mass is 10.1. The van der Waals surface area contributed by atoms with Gasteiger partial charge in [-0.05, 0) is 18.4 Å². The van der Waals surface area contributed by atoms with Crippen molar-refractivity contribution in [1.82, 2.24) is 5.32 Å². The first kappa shape index (κ1) is 21.5. The van der Waals surface area contributed by atoms with E-state index in [-0.39, 0.29) is 30.3 Å². The van der Waals surface area contributed by atoms with Crippen LogP contribution in [0.5, 0.6) is 0 Å². The molecule has 0 spiro atoms. The van der Waals surface area contributed by atoms with Crippen LogP contribution in [0.4, 0.5) is 0 Å². The molecule has 0 radical (unpaired) electrons. The summed E-state index contributed by atoms with van der Waals surface area (Å²) in [7, 11) is 0. The first-order valence-electron chi connectivity index (χ1n) is 8.20. The summed E-state index contributed by atoms with van der Waals surface area (Å²) in [6.45, 7) is 3.14. The summed E-state index contributed by atoms with van der Waals surface area (Å²) < 4.78 is 4.77. The van der Waals surface area contributed by atoms with Crippen LogP contribution in [0.15, 0.2) is 43.0 Å². The summed E-state index contributed by atoms with van der Waals surface area (Å²) in [5.41, 5.74) is 1.04. The third kappa shape index (κ3) is 9.04. The molecule has 1 amide bonds. The smallest absolute Gasteiger partial charge is 0.329 e. The van der Waals surface area contributed by atoms with Crippen LogP contribution in [-0.2, 0) is 24.9 Å². The SMILES string of the molecule is C=CCCC(=O)N[C@@H](CCC(=O)SCc1ccccc1)C(=O)OCC#N. The van der Waals surface area contributed by atoms with Crippen molar-refractivity contribution in [2.75, 3.05) is 6.61 Å². The van der Waals surface area contributed by atoms with Gasteiger partial charge in [0, 0.05) is 18.6 Å². The molecule has 1 aromatic rings. The zero-order valence-corrected chi connectivity index (χ0v) is 15.3. The Hall–Kier alpha value is -2.59. The molecule has 1 N–H and O–H groups in total. The molecule has 7 heteroatoms. The number of nitrogens with zero attached hydrogens (tertiary/aromatic N) is 1. The Labute approximate surface area is 157 Å². The number of ether oxygens (including phenoxy) is 1. The molecule has 0 fully saturated rings. The Morgan fingerprint density at radius 2 is 2.00 bits per heavy atom. The molecule has 6 nitrogen and oxygen atoms in total. The average Bonchev–Trinajstić information content (AvgIpc) is 2.66. The van der Waals surface area contributed by atoms with E-state index in [9.17, 15) is 14.4 Å². The maximum atomic E-state index is 12.0. The predicted octanol–water partition coefficient (Wildman–Crippen LogP) is 2.74. The highest BCUT2D eigenvalue weighted by molar-refractivity contribution is 8.12. The zero-order chi connectivity index (χ0) is 19.2. The quantitative estimate of drug-likeness (QED) is 0.473. The van der Waals surface area contributed by atoms with Crippen LogP contribution in [-0.4, -0.2) is 29.6 Å². The summed E-state index contributed by atoms with van der Waals surface area (Å²) in [4.78, 5) is 35.8. The topological polar surface area (TPSA) is 96.3 Å². The van der Waals surface area contributed by atoms with Crippen LogP contribution < -0.4 is 5.32 Å². The number of amides is 1. The lowest BCUT2D eigenvalue weighted by Gasteiger charge is -2.16. The fraction of sp³-hybridized carbons (Fsp3) is 0.368. The van der Waals surface area contributed by atoms with Crippen LogP contribution >= 0.6 is 11.8 Å². The van der Waals surface area contributed by atoms with E-state index in [1.54, 1.807) is 12.1 Å². The number of thioether (sulfide) groups is 1. The number of esters is 1.